The number of hydrogen-bond donors (Lipinski definition) is 1. The van der Waals surface area contributed by atoms with Gasteiger partial charge in [-0.2, -0.15) is 0 Å². The molecule has 0 saturated carbocycles. The van der Waals surface area contributed by atoms with Crippen LogP contribution in [0.4, 0.5) is 0 Å². The smallest absolute Gasteiger partial charge is 0.0952 e. The lowest BCUT2D eigenvalue weighted by molar-refractivity contribution is 0.0266. The Morgan fingerprint density at radius 3 is 2.82 bits per heavy atom. The summed E-state index contributed by atoms with van der Waals surface area (Å²) in [5, 5.41) is 9.69. The van der Waals surface area contributed by atoms with Gasteiger partial charge < -0.3 is 14.4 Å². The molecule has 0 radical (unpaired) electrons. The van der Waals surface area contributed by atoms with Crippen molar-refractivity contribution in [1.29, 1.82) is 0 Å². The van der Waals surface area contributed by atoms with Crippen LogP contribution in [0.15, 0.2) is 18.7 Å². The molecule has 4 heteroatoms. The molecule has 4 nitrogen and oxygen atoms in total. The minimum absolute atomic E-state index is 0.409. The first kappa shape index (κ1) is 14.2. The molecular weight excluding hydrogens is 216 g/mol. The van der Waals surface area contributed by atoms with Gasteiger partial charge >= 0.3 is 0 Å². The molecule has 0 spiro atoms. The zero-order valence-corrected chi connectivity index (χ0v) is 10.7. The van der Waals surface area contributed by atoms with Gasteiger partial charge in [0, 0.05) is 19.0 Å². The van der Waals surface area contributed by atoms with E-state index in [1.54, 1.807) is 12.5 Å². The van der Waals surface area contributed by atoms with E-state index in [4.69, 9.17) is 4.74 Å². The predicted molar refractivity (Wildman–Crippen MR) is 67.8 cm³/mol. The molecule has 0 saturated heterocycles. The van der Waals surface area contributed by atoms with Crippen molar-refractivity contribution < 1.29 is 9.84 Å². The van der Waals surface area contributed by atoms with Crippen LogP contribution in [0.5, 0.6) is 0 Å². The Morgan fingerprint density at radius 1 is 1.29 bits per heavy atom. The summed E-state index contributed by atoms with van der Waals surface area (Å²) in [6.07, 6.45) is 11.0. The van der Waals surface area contributed by atoms with Crippen LogP contribution < -0.4 is 0 Å². The van der Waals surface area contributed by atoms with E-state index in [0.29, 0.717) is 13.2 Å². The highest BCUT2D eigenvalue weighted by Gasteiger charge is 2.04. The van der Waals surface area contributed by atoms with Gasteiger partial charge in [-0.3, -0.25) is 0 Å². The zero-order chi connectivity index (χ0) is 12.3. The van der Waals surface area contributed by atoms with E-state index in [1.807, 2.05) is 10.8 Å². The van der Waals surface area contributed by atoms with Crippen molar-refractivity contribution >= 4 is 0 Å². The van der Waals surface area contributed by atoms with Gasteiger partial charge in [-0.05, 0) is 6.42 Å². The number of nitrogens with zero attached hydrogens (tertiary/aromatic N) is 2. The van der Waals surface area contributed by atoms with Crippen LogP contribution in [0.25, 0.3) is 0 Å². The number of imidazole rings is 1. The third-order valence-corrected chi connectivity index (χ3v) is 2.68. The third kappa shape index (κ3) is 7.13. The van der Waals surface area contributed by atoms with E-state index in [0.717, 1.165) is 13.0 Å². The highest BCUT2D eigenvalue weighted by atomic mass is 16.5. The topological polar surface area (TPSA) is 47.3 Å². The van der Waals surface area contributed by atoms with Gasteiger partial charge in [0.15, 0.2) is 0 Å². The Kier molecular flexibility index (Phi) is 7.67. The summed E-state index contributed by atoms with van der Waals surface area (Å²) in [5.74, 6) is 0. The van der Waals surface area contributed by atoms with E-state index in [2.05, 4.69) is 11.9 Å². The Balaban J connectivity index is 1.92. The molecular formula is C13H24N2O2. The van der Waals surface area contributed by atoms with E-state index >= 15 is 0 Å². The fraction of sp³-hybridized carbons (Fsp3) is 0.769. The first-order valence-electron chi connectivity index (χ1n) is 6.54. The molecule has 1 heterocycles. The molecule has 1 aromatic heterocycles. The van der Waals surface area contributed by atoms with Gasteiger partial charge in [-0.1, -0.05) is 32.6 Å². The van der Waals surface area contributed by atoms with Gasteiger partial charge in [0.2, 0.25) is 0 Å². The summed E-state index contributed by atoms with van der Waals surface area (Å²) in [5.41, 5.74) is 0. The number of aliphatic hydroxyl groups is 1. The minimum Gasteiger partial charge on any atom is -0.389 e. The molecule has 0 fully saturated rings. The van der Waals surface area contributed by atoms with Crippen molar-refractivity contribution in [1.82, 2.24) is 9.55 Å². The highest BCUT2D eigenvalue weighted by molar-refractivity contribution is 4.75. The second-order valence-corrected chi connectivity index (χ2v) is 4.40. The molecule has 1 N–H and O–H groups in total. The van der Waals surface area contributed by atoms with Crippen LogP contribution in [0, 0.1) is 0 Å². The van der Waals surface area contributed by atoms with Crippen molar-refractivity contribution in [2.45, 2.75) is 51.7 Å². The molecule has 0 bridgehead atoms. The van der Waals surface area contributed by atoms with Crippen molar-refractivity contribution in [3.8, 4) is 0 Å². The van der Waals surface area contributed by atoms with Crippen LogP contribution in [-0.4, -0.2) is 34.0 Å². The molecule has 1 rings (SSSR count). The number of aromatic nitrogens is 2. The zero-order valence-electron chi connectivity index (χ0n) is 10.7. The summed E-state index contributed by atoms with van der Waals surface area (Å²) in [4.78, 5) is 3.92. The maximum absolute atomic E-state index is 9.69. The number of hydrogen-bond acceptors (Lipinski definition) is 3. The summed E-state index contributed by atoms with van der Waals surface area (Å²) >= 11 is 0. The fourth-order valence-corrected chi connectivity index (χ4v) is 1.72. The number of unbranched alkanes of at least 4 members (excludes halogenated alkanes) is 4. The van der Waals surface area contributed by atoms with Crippen LogP contribution in [-0.2, 0) is 11.3 Å². The fourth-order valence-electron chi connectivity index (χ4n) is 1.72. The van der Waals surface area contributed by atoms with Gasteiger partial charge in [-0.15, -0.1) is 0 Å². The Morgan fingerprint density at radius 2 is 2.12 bits per heavy atom. The van der Waals surface area contributed by atoms with Gasteiger partial charge in [-0.25, -0.2) is 4.98 Å². The Hall–Kier alpha value is -0.870. The van der Waals surface area contributed by atoms with E-state index in [-0.39, 0.29) is 0 Å². The summed E-state index contributed by atoms with van der Waals surface area (Å²) in [6.45, 7) is 3.93. The molecule has 1 atom stereocenters. The van der Waals surface area contributed by atoms with Crippen LogP contribution in [0.2, 0.25) is 0 Å². The van der Waals surface area contributed by atoms with Crippen molar-refractivity contribution in [2.75, 3.05) is 13.2 Å². The van der Waals surface area contributed by atoms with Gasteiger partial charge in [0.05, 0.1) is 25.6 Å². The van der Waals surface area contributed by atoms with Gasteiger partial charge in [0.25, 0.3) is 0 Å². The van der Waals surface area contributed by atoms with E-state index in [9.17, 15) is 5.11 Å². The van der Waals surface area contributed by atoms with Crippen LogP contribution >= 0.6 is 0 Å². The summed E-state index contributed by atoms with van der Waals surface area (Å²) in [7, 11) is 0. The molecule has 0 aliphatic carbocycles. The molecule has 0 amide bonds. The third-order valence-electron chi connectivity index (χ3n) is 2.68. The molecule has 1 unspecified atom stereocenters. The standard InChI is InChI=1S/C13H24N2O2/c1-2-3-4-5-6-9-17-11-13(16)10-15-8-7-14-12-15/h7-8,12-13,16H,2-6,9-11H2,1H3. The SMILES string of the molecule is CCCCCCCOCC(O)Cn1ccnc1. The average Bonchev–Trinajstić information content (AvgIpc) is 2.80. The highest BCUT2D eigenvalue weighted by Crippen LogP contribution is 2.02. The van der Waals surface area contributed by atoms with Crippen molar-refractivity contribution in [3.05, 3.63) is 18.7 Å². The average molecular weight is 240 g/mol. The van der Waals surface area contributed by atoms with Crippen LogP contribution in [0.3, 0.4) is 0 Å². The molecule has 0 aromatic carbocycles. The largest absolute Gasteiger partial charge is 0.389 e. The van der Waals surface area contributed by atoms with Crippen molar-refractivity contribution in [2.24, 2.45) is 0 Å². The number of aliphatic hydroxyl groups excluding tert-OH is 1. The van der Waals surface area contributed by atoms with E-state index < -0.39 is 6.10 Å². The quantitative estimate of drug-likeness (QED) is 0.638. The number of rotatable bonds is 10. The van der Waals surface area contributed by atoms with Gasteiger partial charge in [0.1, 0.15) is 0 Å². The summed E-state index contributed by atoms with van der Waals surface area (Å²) < 4.78 is 7.30. The molecule has 17 heavy (non-hydrogen) atoms. The molecule has 0 aliphatic rings. The second kappa shape index (κ2) is 9.19. The first-order chi connectivity index (χ1) is 8.33. The number of ether oxygens (including phenoxy) is 1. The van der Waals surface area contributed by atoms with Crippen molar-refractivity contribution in [3.63, 3.8) is 0 Å². The lowest BCUT2D eigenvalue weighted by Gasteiger charge is -2.11. The maximum atomic E-state index is 9.69. The lowest BCUT2D eigenvalue weighted by Crippen LogP contribution is -2.21. The normalized spacial score (nSPS) is 12.8. The first-order valence-corrected chi connectivity index (χ1v) is 6.54. The Labute approximate surface area is 104 Å². The monoisotopic (exact) mass is 240 g/mol. The molecule has 98 valence electrons. The minimum atomic E-state index is -0.445. The Bertz CT molecular complexity index is 262. The van der Waals surface area contributed by atoms with Crippen LogP contribution in [0.1, 0.15) is 39.0 Å². The predicted octanol–water partition coefficient (Wildman–Crippen LogP) is 2.23. The second-order valence-electron chi connectivity index (χ2n) is 4.40. The molecule has 0 aliphatic heterocycles. The lowest BCUT2D eigenvalue weighted by atomic mass is 10.2. The summed E-state index contributed by atoms with van der Waals surface area (Å²) in [6, 6.07) is 0. The molecule has 1 aromatic rings. The maximum Gasteiger partial charge on any atom is 0.0952 e. The van der Waals surface area contributed by atoms with E-state index in [1.165, 1.54) is 25.7 Å².